The summed E-state index contributed by atoms with van der Waals surface area (Å²) in [5.41, 5.74) is 13.3. The highest BCUT2D eigenvalue weighted by molar-refractivity contribution is 6.11. The maximum atomic E-state index is 4.50. The van der Waals surface area contributed by atoms with Crippen molar-refractivity contribution in [2.45, 2.75) is 0 Å². The van der Waals surface area contributed by atoms with Crippen LogP contribution < -0.4 is 4.90 Å². The number of anilines is 3. The number of fused-ring (bicyclic) bond motifs is 9. The number of para-hydroxylation sites is 4. The largest absolute Gasteiger partial charge is 0.310 e. The Kier molecular flexibility index (Phi) is 7.13. The summed E-state index contributed by atoms with van der Waals surface area (Å²) in [6.07, 6.45) is 7.66. The van der Waals surface area contributed by atoms with Gasteiger partial charge in [0.25, 0.3) is 0 Å². The van der Waals surface area contributed by atoms with Crippen LogP contribution in [0.15, 0.2) is 207 Å². The van der Waals surface area contributed by atoms with E-state index in [2.05, 4.69) is 211 Å². The van der Waals surface area contributed by atoms with Crippen molar-refractivity contribution in [3.8, 4) is 17.1 Å². The van der Waals surface area contributed by atoms with Crippen molar-refractivity contribution >= 4 is 82.5 Å². The number of nitrogens with zero attached hydrogens (tertiary/aromatic N) is 6. The first-order chi connectivity index (χ1) is 28.8. The number of rotatable bonds is 6. The van der Waals surface area contributed by atoms with Crippen LogP contribution in [0.2, 0.25) is 0 Å². The first kappa shape index (κ1) is 32.3. The van der Waals surface area contributed by atoms with Crippen molar-refractivity contribution in [3.05, 3.63) is 207 Å². The van der Waals surface area contributed by atoms with Gasteiger partial charge in [0.15, 0.2) is 0 Å². The highest BCUT2D eigenvalue weighted by Crippen LogP contribution is 2.40. The predicted molar refractivity (Wildman–Crippen MR) is 240 cm³/mol. The summed E-state index contributed by atoms with van der Waals surface area (Å²) < 4.78 is 6.98. The van der Waals surface area contributed by atoms with E-state index in [9.17, 15) is 0 Å². The van der Waals surface area contributed by atoms with Crippen molar-refractivity contribution in [2.24, 2.45) is 0 Å². The minimum Gasteiger partial charge on any atom is -0.310 e. The number of benzene rings is 7. The van der Waals surface area contributed by atoms with Crippen LogP contribution in [0.5, 0.6) is 0 Å². The lowest BCUT2D eigenvalue weighted by molar-refractivity contribution is 1.15. The average Bonchev–Trinajstić information content (AvgIpc) is 3.93. The molecule has 272 valence electrons. The molecule has 0 saturated carbocycles. The average molecular weight is 743 g/mol. The minimum atomic E-state index is 1.06. The van der Waals surface area contributed by atoms with Crippen molar-refractivity contribution in [1.82, 2.24) is 23.7 Å². The van der Waals surface area contributed by atoms with Gasteiger partial charge in [0.1, 0.15) is 0 Å². The van der Waals surface area contributed by atoms with E-state index >= 15 is 0 Å². The summed E-state index contributed by atoms with van der Waals surface area (Å²) in [5.74, 6) is 0. The second kappa shape index (κ2) is 12.8. The van der Waals surface area contributed by atoms with E-state index in [4.69, 9.17) is 0 Å². The maximum Gasteiger partial charge on any atom is 0.0724 e. The number of hydrogen-bond donors (Lipinski definition) is 0. The molecular formula is C52H34N6. The zero-order valence-corrected chi connectivity index (χ0v) is 31.3. The van der Waals surface area contributed by atoms with E-state index in [1.807, 2.05) is 24.8 Å². The molecule has 0 aliphatic heterocycles. The molecule has 0 spiro atoms. The van der Waals surface area contributed by atoms with Crippen LogP contribution in [0.25, 0.3) is 82.5 Å². The summed E-state index contributed by atoms with van der Waals surface area (Å²) in [6.45, 7) is 0. The van der Waals surface area contributed by atoms with Crippen LogP contribution in [0.3, 0.4) is 0 Å². The van der Waals surface area contributed by atoms with Gasteiger partial charge in [-0.2, -0.15) is 0 Å². The first-order valence-corrected chi connectivity index (χ1v) is 19.6. The smallest absolute Gasteiger partial charge is 0.0724 e. The van der Waals surface area contributed by atoms with Gasteiger partial charge in [0.05, 0.1) is 45.5 Å². The highest BCUT2D eigenvalue weighted by atomic mass is 15.1. The Bertz CT molecular complexity index is 2970. The van der Waals surface area contributed by atoms with Gasteiger partial charge in [-0.3, -0.25) is 9.97 Å². The lowest BCUT2D eigenvalue weighted by Gasteiger charge is -2.26. The molecule has 6 heteroatoms. The van der Waals surface area contributed by atoms with Crippen molar-refractivity contribution in [1.29, 1.82) is 0 Å². The predicted octanol–water partition coefficient (Wildman–Crippen LogP) is 13.2. The van der Waals surface area contributed by atoms with Gasteiger partial charge in [-0.25, -0.2) is 0 Å². The fourth-order valence-corrected chi connectivity index (χ4v) is 9.09. The molecule has 0 amide bonds. The second-order valence-corrected chi connectivity index (χ2v) is 14.7. The zero-order valence-electron chi connectivity index (χ0n) is 31.3. The first-order valence-electron chi connectivity index (χ1n) is 19.6. The fraction of sp³-hybridized carbons (Fsp3) is 0. The Morgan fingerprint density at radius 2 is 0.552 bits per heavy atom. The normalized spacial score (nSPS) is 11.8. The van der Waals surface area contributed by atoms with E-state index in [1.165, 1.54) is 43.4 Å². The molecule has 0 radical (unpaired) electrons. The topological polar surface area (TPSA) is 43.8 Å². The highest BCUT2D eigenvalue weighted by Gasteiger charge is 2.18. The molecule has 0 fully saturated rings. The summed E-state index contributed by atoms with van der Waals surface area (Å²) >= 11 is 0. The molecule has 5 heterocycles. The van der Waals surface area contributed by atoms with E-state index < -0.39 is 0 Å². The van der Waals surface area contributed by atoms with E-state index in [-0.39, 0.29) is 0 Å². The van der Waals surface area contributed by atoms with Crippen LogP contribution in [-0.2, 0) is 0 Å². The Labute approximate surface area is 333 Å². The number of hydrogen-bond acceptors (Lipinski definition) is 3. The van der Waals surface area contributed by atoms with Crippen molar-refractivity contribution in [2.75, 3.05) is 4.90 Å². The Hall–Kier alpha value is -7.96. The molecule has 0 saturated heterocycles. The molecule has 0 bridgehead atoms. The molecule has 0 atom stereocenters. The fourth-order valence-electron chi connectivity index (χ4n) is 9.09. The molecule has 5 aromatic heterocycles. The van der Waals surface area contributed by atoms with Crippen LogP contribution in [-0.4, -0.2) is 23.7 Å². The van der Waals surface area contributed by atoms with Gasteiger partial charge in [-0.15, -0.1) is 0 Å². The Morgan fingerprint density at radius 1 is 0.276 bits per heavy atom. The van der Waals surface area contributed by atoms with Crippen molar-refractivity contribution in [3.63, 3.8) is 0 Å². The Morgan fingerprint density at radius 3 is 0.879 bits per heavy atom. The van der Waals surface area contributed by atoms with Gasteiger partial charge in [-0.1, -0.05) is 72.8 Å². The third-order valence-corrected chi connectivity index (χ3v) is 11.6. The summed E-state index contributed by atoms with van der Waals surface area (Å²) in [4.78, 5) is 11.3. The SMILES string of the molecule is c1ccc2c(c1)c1ccccc1n2-c1ccc(N(c2ccc(-n3c4ccccc4c4ccncc43)cc2)c2ccc(-n3c4ccccc4c4ccncc43)cc2)cc1. The van der Waals surface area contributed by atoms with E-state index in [1.54, 1.807) is 0 Å². The van der Waals surface area contributed by atoms with Crippen LogP contribution in [0.1, 0.15) is 0 Å². The molecule has 0 N–H and O–H groups in total. The number of aromatic nitrogens is 5. The molecule has 58 heavy (non-hydrogen) atoms. The summed E-state index contributed by atoms with van der Waals surface area (Å²) in [7, 11) is 0. The van der Waals surface area contributed by atoms with Gasteiger partial charge in [-0.05, 0) is 109 Å². The minimum absolute atomic E-state index is 1.06. The third kappa shape index (κ3) is 4.85. The molecular weight excluding hydrogens is 709 g/mol. The zero-order chi connectivity index (χ0) is 38.2. The standard InChI is InChI=1S/C52H34N6/c1-5-13-47-41(9-1)42-10-2-6-14-48(42)56(47)38-23-17-35(18-24-38)55(36-19-25-39(26-20-36)57-49-15-7-3-11-43(49)45-29-31-53-33-51(45)57)37-21-27-40(28-22-37)58-50-16-8-4-12-44(50)46-30-32-54-34-52(46)58/h1-34H. The van der Waals surface area contributed by atoms with Gasteiger partial charge >= 0.3 is 0 Å². The Balaban J connectivity index is 0.996. The van der Waals surface area contributed by atoms with Gasteiger partial charge in [0.2, 0.25) is 0 Å². The van der Waals surface area contributed by atoms with Crippen LogP contribution in [0, 0.1) is 0 Å². The molecule has 12 aromatic rings. The molecule has 12 rings (SSSR count). The monoisotopic (exact) mass is 742 g/mol. The molecule has 0 aliphatic rings. The summed E-state index contributed by atoms with van der Waals surface area (Å²) in [6, 6.07) is 65.4. The maximum absolute atomic E-state index is 4.50. The van der Waals surface area contributed by atoms with Gasteiger partial charge in [0, 0.05) is 78.8 Å². The lowest BCUT2D eigenvalue weighted by atomic mass is 10.1. The van der Waals surface area contributed by atoms with Crippen LogP contribution in [0.4, 0.5) is 17.1 Å². The lowest BCUT2D eigenvalue weighted by Crippen LogP contribution is -2.10. The summed E-state index contributed by atoms with van der Waals surface area (Å²) in [5, 5.41) is 7.32. The second-order valence-electron chi connectivity index (χ2n) is 14.7. The van der Waals surface area contributed by atoms with E-state index in [0.29, 0.717) is 0 Å². The quantitative estimate of drug-likeness (QED) is 0.170. The van der Waals surface area contributed by atoms with Gasteiger partial charge < -0.3 is 18.6 Å². The molecule has 6 nitrogen and oxygen atoms in total. The molecule has 0 unspecified atom stereocenters. The number of pyridine rings is 2. The van der Waals surface area contributed by atoms with Crippen LogP contribution >= 0.6 is 0 Å². The third-order valence-electron chi connectivity index (χ3n) is 11.6. The van der Waals surface area contributed by atoms with Crippen molar-refractivity contribution < 1.29 is 0 Å². The molecule has 7 aromatic carbocycles. The van der Waals surface area contributed by atoms with E-state index in [0.717, 1.165) is 56.2 Å². The molecule has 0 aliphatic carbocycles.